The van der Waals surface area contributed by atoms with Crippen LogP contribution in [0.15, 0.2) is 18.2 Å². The number of ether oxygens (including phenoxy) is 1. The molecule has 0 bridgehead atoms. The average Bonchev–Trinajstić information content (AvgIpc) is 2.81. The number of aromatic nitrogens is 1. The van der Waals surface area contributed by atoms with E-state index in [0.29, 0.717) is 13.0 Å². The van der Waals surface area contributed by atoms with Gasteiger partial charge in [-0.1, -0.05) is 23.7 Å². The number of para-hydroxylation sites is 1. The third-order valence-electron chi connectivity index (χ3n) is 4.03. The summed E-state index contributed by atoms with van der Waals surface area (Å²) in [6.45, 7) is 2.28. The molecule has 20 heavy (non-hydrogen) atoms. The molecule has 0 saturated heterocycles. The highest BCUT2D eigenvalue weighted by Crippen LogP contribution is 2.39. The summed E-state index contributed by atoms with van der Waals surface area (Å²) in [6.07, 6.45) is 3.63. The highest BCUT2D eigenvalue weighted by Gasteiger charge is 2.27. The van der Waals surface area contributed by atoms with Crippen molar-refractivity contribution in [2.24, 2.45) is 0 Å². The normalized spacial score (nSPS) is 18.0. The fourth-order valence-electron chi connectivity index (χ4n) is 3.17. The van der Waals surface area contributed by atoms with E-state index in [1.54, 1.807) is 0 Å². The van der Waals surface area contributed by atoms with Crippen LogP contribution in [0.25, 0.3) is 10.9 Å². The zero-order valence-electron chi connectivity index (χ0n) is 11.5. The molecule has 3 rings (SSSR count). The van der Waals surface area contributed by atoms with Crippen LogP contribution in [0.3, 0.4) is 0 Å². The maximum absolute atomic E-state index is 11.7. The fourth-order valence-corrected chi connectivity index (χ4v) is 3.39. The van der Waals surface area contributed by atoms with Crippen molar-refractivity contribution in [2.75, 3.05) is 6.61 Å². The molecule has 0 spiro atoms. The van der Waals surface area contributed by atoms with Crippen molar-refractivity contribution in [3.63, 3.8) is 0 Å². The van der Waals surface area contributed by atoms with Crippen molar-refractivity contribution in [2.45, 2.75) is 38.5 Å². The first kappa shape index (κ1) is 13.5. The molecule has 1 aliphatic rings. The van der Waals surface area contributed by atoms with E-state index in [4.69, 9.17) is 16.3 Å². The Balaban J connectivity index is 1.98. The Morgan fingerprint density at radius 1 is 1.50 bits per heavy atom. The number of benzene rings is 1. The Morgan fingerprint density at radius 3 is 3.15 bits per heavy atom. The van der Waals surface area contributed by atoms with Gasteiger partial charge in [0.1, 0.15) is 0 Å². The molecule has 1 aliphatic carbocycles. The molecule has 0 radical (unpaired) electrons. The molecule has 1 unspecified atom stereocenters. The van der Waals surface area contributed by atoms with Crippen LogP contribution in [-0.2, 0) is 16.0 Å². The zero-order chi connectivity index (χ0) is 14.1. The largest absolute Gasteiger partial charge is 0.466 e. The first-order valence-electron chi connectivity index (χ1n) is 7.15. The van der Waals surface area contributed by atoms with Gasteiger partial charge in [-0.25, -0.2) is 0 Å². The zero-order valence-corrected chi connectivity index (χ0v) is 12.3. The van der Waals surface area contributed by atoms with Crippen LogP contribution < -0.4 is 0 Å². The highest BCUT2D eigenvalue weighted by molar-refractivity contribution is 6.35. The summed E-state index contributed by atoms with van der Waals surface area (Å²) >= 11 is 6.26. The Labute approximate surface area is 123 Å². The number of hydrogen-bond acceptors (Lipinski definition) is 2. The standard InChI is InChI=1S/C16H18ClNO2/c1-2-20-14(19)9-10-5-3-6-11-12-7-4-8-13(17)16(12)18-15(10)11/h4,7-8,10,18H,2-3,5-6,9H2,1H3. The Hall–Kier alpha value is -1.48. The van der Waals surface area contributed by atoms with Gasteiger partial charge in [0.05, 0.1) is 23.6 Å². The van der Waals surface area contributed by atoms with E-state index in [1.165, 1.54) is 16.6 Å². The van der Waals surface area contributed by atoms with E-state index in [-0.39, 0.29) is 11.9 Å². The highest BCUT2D eigenvalue weighted by atomic mass is 35.5. The lowest BCUT2D eigenvalue weighted by Crippen LogP contribution is -2.15. The molecule has 0 aliphatic heterocycles. The lowest BCUT2D eigenvalue weighted by Gasteiger charge is -2.21. The molecular formula is C16H18ClNO2. The minimum absolute atomic E-state index is 0.116. The van der Waals surface area contributed by atoms with E-state index in [2.05, 4.69) is 11.1 Å². The van der Waals surface area contributed by atoms with E-state index in [9.17, 15) is 4.79 Å². The van der Waals surface area contributed by atoms with Crippen LogP contribution in [0.5, 0.6) is 0 Å². The molecule has 2 aromatic rings. The average molecular weight is 292 g/mol. The summed E-state index contributed by atoms with van der Waals surface area (Å²) in [7, 11) is 0. The number of aryl methyl sites for hydroxylation is 1. The van der Waals surface area contributed by atoms with E-state index >= 15 is 0 Å². The van der Waals surface area contributed by atoms with Gasteiger partial charge in [0.25, 0.3) is 0 Å². The van der Waals surface area contributed by atoms with Crippen LogP contribution in [0, 0.1) is 0 Å². The van der Waals surface area contributed by atoms with Gasteiger partial charge in [-0.15, -0.1) is 0 Å². The molecule has 1 N–H and O–H groups in total. The number of fused-ring (bicyclic) bond motifs is 3. The first-order valence-corrected chi connectivity index (χ1v) is 7.53. The van der Waals surface area contributed by atoms with Gasteiger partial charge in [0.15, 0.2) is 0 Å². The van der Waals surface area contributed by atoms with Crippen LogP contribution in [0.1, 0.15) is 43.4 Å². The molecule has 0 saturated carbocycles. The molecule has 0 amide bonds. The molecule has 3 nitrogen and oxygen atoms in total. The number of rotatable bonds is 3. The number of halogens is 1. The van der Waals surface area contributed by atoms with Gasteiger partial charge < -0.3 is 9.72 Å². The number of hydrogen-bond donors (Lipinski definition) is 1. The number of esters is 1. The van der Waals surface area contributed by atoms with Crippen molar-refractivity contribution >= 4 is 28.5 Å². The SMILES string of the molecule is CCOC(=O)CC1CCCc2c1[nH]c1c(Cl)cccc21. The summed E-state index contributed by atoms with van der Waals surface area (Å²) in [4.78, 5) is 15.2. The molecule has 1 atom stereocenters. The predicted octanol–water partition coefficient (Wildman–Crippen LogP) is 4.19. The Morgan fingerprint density at radius 2 is 2.35 bits per heavy atom. The summed E-state index contributed by atoms with van der Waals surface area (Å²) in [5.74, 6) is 0.108. The third kappa shape index (κ3) is 2.31. The van der Waals surface area contributed by atoms with Gasteiger partial charge in [-0.05, 0) is 37.8 Å². The van der Waals surface area contributed by atoms with Crippen molar-refractivity contribution in [3.05, 3.63) is 34.5 Å². The van der Waals surface area contributed by atoms with Crippen LogP contribution in [-0.4, -0.2) is 17.6 Å². The fraction of sp³-hybridized carbons (Fsp3) is 0.438. The number of aromatic amines is 1. The number of carbonyl (C=O) groups is 1. The molecular weight excluding hydrogens is 274 g/mol. The summed E-state index contributed by atoms with van der Waals surface area (Å²) in [5.41, 5.74) is 3.49. The molecule has 106 valence electrons. The quantitative estimate of drug-likeness (QED) is 0.861. The van der Waals surface area contributed by atoms with Gasteiger partial charge in [-0.2, -0.15) is 0 Å². The minimum atomic E-state index is -0.116. The first-order chi connectivity index (χ1) is 9.70. The van der Waals surface area contributed by atoms with Crippen LogP contribution in [0.4, 0.5) is 0 Å². The number of H-pyrrole nitrogens is 1. The lowest BCUT2D eigenvalue weighted by molar-refractivity contribution is -0.143. The van der Waals surface area contributed by atoms with E-state index < -0.39 is 0 Å². The maximum atomic E-state index is 11.7. The van der Waals surface area contributed by atoms with Crippen molar-refractivity contribution < 1.29 is 9.53 Å². The minimum Gasteiger partial charge on any atom is -0.466 e. The Kier molecular flexibility index (Phi) is 3.70. The molecule has 1 heterocycles. The number of nitrogens with one attached hydrogen (secondary N) is 1. The van der Waals surface area contributed by atoms with Crippen molar-refractivity contribution in [1.82, 2.24) is 4.98 Å². The van der Waals surface area contributed by atoms with Gasteiger partial charge in [-0.3, -0.25) is 4.79 Å². The van der Waals surface area contributed by atoms with Crippen LogP contribution >= 0.6 is 11.6 Å². The van der Waals surface area contributed by atoms with Crippen molar-refractivity contribution in [3.8, 4) is 0 Å². The smallest absolute Gasteiger partial charge is 0.306 e. The summed E-state index contributed by atoms with van der Waals surface area (Å²) in [5, 5.41) is 1.94. The van der Waals surface area contributed by atoms with Gasteiger partial charge in [0, 0.05) is 17.0 Å². The second kappa shape index (κ2) is 5.49. The number of carbonyl (C=O) groups excluding carboxylic acids is 1. The molecule has 1 aromatic carbocycles. The summed E-state index contributed by atoms with van der Waals surface area (Å²) in [6, 6.07) is 5.98. The maximum Gasteiger partial charge on any atom is 0.306 e. The topological polar surface area (TPSA) is 42.1 Å². The van der Waals surface area contributed by atoms with E-state index in [0.717, 1.165) is 29.8 Å². The predicted molar refractivity (Wildman–Crippen MR) is 80.2 cm³/mol. The third-order valence-corrected chi connectivity index (χ3v) is 4.34. The molecule has 1 aromatic heterocycles. The van der Waals surface area contributed by atoms with Crippen LogP contribution in [0.2, 0.25) is 5.02 Å². The molecule has 0 fully saturated rings. The van der Waals surface area contributed by atoms with Gasteiger partial charge in [0.2, 0.25) is 0 Å². The second-order valence-electron chi connectivity index (χ2n) is 5.28. The Bertz CT molecular complexity index is 647. The monoisotopic (exact) mass is 291 g/mol. The summed E-state index contributed by atoms with van der Waals surface area (Å²) < 4.78 is 5.08. The molecule has 4 heteroatoms. The van der Waals surface area contributed by atoms with Gasteiger partial charge >= 0.3 is 5.97 Å². The second-order valence-corrected chi connectivity index (χ2v) is 5.69. The van der Waals surface area contributed by atoms with Crippen molar-refractivity contribution in [1.29, 1.82) is 0 Å². The van der Waals surface area contributed by atoms with E-state index in [1.807, 2.05) is 19.1 Å². The lowest BCUT2D eigenvalue weighted by atomic mass is 9.85.